The average molecular weight is 293 g/mol. The van der Waals surface area contributed by atoms with Gasteiger partial charge < -0.3 is 4.98 Å². The van der Waals surface area contributed by atoms with Gasteiger partial charge in [-0.3, -0.25) is 0 Å². The number of fused-ring (bicyclic) bond motifs is 2. The molecule has 0 aliphatic heterocycles. The second-order valence-corrected chi connectivity index (χ2v) is 5.72. The molecule has 2 nitrogen and oxygen atoms in total. The smallest absolute Gasteiger partial charge is 0.0731 e. The molecule has 2 heterocycles. The van der Waals surface area contributed by atoms with Gasteiger partial charge in [0.15, 0.2) is 0 Å². The van der Waals surface area contributed by atoms with E-state index in [2.05, 4.69) is 42.2 Å². The predicted molar refractivity (Wildman–Crippen MR) is 88.8 cm³/mol. The predicted octanol–water partition coefficient (Wildman–Crippen LogP) is 5.34. The van der Waals surface area contributed by atoms with Crippen molar-refractivity contribution in [3.8, 4) is 11.3 Å². The summed E-state index contributed by atoms with van der Waals surface area (Å²) in [7, 11) is 0. The minimum atomic E-state index is 0.736. The van der Waals surface area contributed by atoms with Crippen LogP contribution in [0.25, 0.3) is 33.1 Å². The van der Waals surface area contributed by atoms with Crippen molar-refractivity contribution in [1.29, 1.82) is 0 Å². The number of benzene rings is 2. The summed E-state index contributed by atoms with van der Waals surface area (Å²) in [6, 6.07) is 16.3. The van der Waals surface area contributed by atoms with Crippen LogP contribution in [0.5, 0.6) is 0 Å². The van der Waals surface area contributed by atoms with E-state index in [1.54, 1.807) is 0 Å². The van der Waals surface area contributed by atoms with Crippen LogP contribution in [0.15, 0.2) is 54.7 Å². The summed E-state index contributed by atoms with van der Waals surface area (Å²) >= 11 is 6.11. The van der Waals surface area contributed by atoms with Crippen LogP contribution in [0.1, 0.15) is 5.56 Å². The van der Waals surface area contributed by atoms with Crippen molar-refractivity contribution in [2.75, 3.05) is 0 Å². The number of hydrogen-bond acceptors (Lipinski definition) is 1. The summed E-state index contributed by atoms with van der Waals surface area (Å²) in [5.41, 5.74) is 5.36. The molecule has 0 aliphatic carbocycles. The number of halogens is 1. The lowest BCUT2D eigenvalue weighted by Gasteiger charge is -2.03. The molecule has 1 N–H and O–H groups in total. The summed E-state index contributed by atoms with van der Waals surface area (Å²) < 4.78 is 0. The van der Waals surface area contributed by atoms with Gasteiger partial charge in [-0.1, -0.05) is 29.3 Å². The van der Waals surface area contributed by atoms with Crippen molar-refractivity contribution in [2.24, 2.45) is 0 Å². The fourth-order valence-corrected chi connectivity index (χ4v) is 2.87. The van der Waals surface area contributed by atoms with Crippen LogP contribution >= 0.6 is 11.6 Å². The van der Waals surface area contributed by atoms with E-state index in [1.165, 1.54) is 5.56 Å². The van der Waals surface area contributed by atoms with Crippen LogP contribution in [-0.2, 0) is 0 Å². The number of hydrogen-bond donors (Lipinski definition) is 1. The van der Waals surface area contributed by atoms with Crippen molar-refractivity contribution in [2.45, 2.75) is 6.92 Å². The lowest BCUT2D eigenvalue weighted by atomic mass is 10.1. The monoisotopic (exact) mass is 292 g/mol. The molecule has 2 aromatic carbocycles. The van der Waals surface area contributed by atoms with Gasteiger partial charge in [0.25, 0.3) is 0 Å². The molecule has 0 saturated carbocycles. The molecule has 0 bridgehead atoms. The van der Waals surface area contributed by atoms with Gasteiger partial charge in [-0.2, -0.15) is 0 Å². The first-order chi connectivity index (χ1) is 10.2. The van der Waals surface area contributed by atoms with Crippen molar-refractivity contribution in [1.82, 2.24) is 9.97 Å². The molecular weight excluding hydrogens is 280 g/mol. The number of aromatic nitrogens is 2. The van der Waals surface area contributed by atoms with Gasteiger partial charge in [0, 0.05) is 33.1 Å². The van der Waals surface area contributed by atoms with Crippen molar-refractivity contribution >= 4 is 33.4 Å². The van der Waals surface area contributed by atoms with Crippen LogP contribution in [-0.4, -0.2) is 9.97 Å². The molecule has 3 heteroatoms. The molecular formula is C18H13ClN2. The van der Waals surface area contributed by atoms with Gasteiger partial charge in [-0.25, -0.2) is 4.98 Å². The minimum absolute atomic E-state index is 0.736. The van der Waals surface area contributed by atoms with Gasteiger partial charge >= 0.3 is 0 Å². The molecule has 2 aromatic heterocycles. The number of nitrogens with zero attached hydrogens (tertiary/aromatic N) is 1. The summed E-state index contributed by atoms with van der Waals surface area (Å²) in [6.45, 7) is 2.09. The molecule has 0 unspecified atom stereocenters. The Hall–Kier alpha value is -2.32. The number of nitrogens with one attached hydrogen (secondary N) is 1. The molecule has 0 aliphatic rings. The van der Waals surface area contributed by atoms with E-state index in [9.17, 15) is 0 Å². The number of rotatable bonds is 1. The Morgan fingerprint density at radius 1 is 1.00 bits per heavy atom. The highest BCUT2D eigenvalue weighted by molar-refractivity contribution is 6.31. The molecule has 0 radical (unpaired) electrons. The Balaban J connectivity index is 1.95. The first-order valence-electron chi connectivity index (χ1n) is 6.85. The topological polar surface area (TPSA) is 28.7 Å². The quantitative estimate of drug-likeness (QED) is 0.503. The third-order valence-corrected chi connectivity index (χ3v) is 4.00. The Morgan fingerprint density at radius 3 is 2.81 bits per heavy atom. The van der Waals surface area contributed by atoms with Crippen LogP contribution < -0.4 is 0 Å². The van der Waals surface area contributed by atoms with E-state index >= 15 is 0 Å². The minimum Gasteiger partial charge on any atom is -0.360 e. The maximum absolute atomic E-state index is 6.11. The maximum atomic E-state index is 6.11. The van der Waals surface area contributed by atoms with Gasteiger partial charge in [0.2, 0.25) is 0 Å². The first kappa shape index (κ1) is 12.4. The van der Waals surface area contributed by atoms with Crippen LogP contribution in [0.2, 0.25) is 5.02 Å². The van der Waals surface area contributed by atoms with Gasteiger partial charge in [0.05, 0.1) is 11.2 Å². The molecule has 4 aromatic rings. The summed E-state index contributed by atoms with van der Waals surface area (Å²) in [4.78, 5) is 8.05. The maximum Gasteiger partial charge on any atom is 0.0731 e. The van der Waals surface area contributed by atoms with Crippen molar-refractivity contribution < 1.29 is 0 Å². The second kappa shape index (κ2) is 4.61. The SMILES string of the molecule is Cc1ccc2nc(-c3c[nH]c4ccc(Cl)cc34)ccc2c1. The Bertz CT molecular complexity index is 969. The normalized spacial score (nSPS) is 11.3. The summed E-state index contributed by atoms with van der Waals surface area (Å²) in [5.74, 6) is 0. The van der Waals surface area contributed by atoms with E-state index in [4.69, 9.17) is 16.6 Å². The Morgan fingerprint density at radius 2 is 1.90 bits per heavy atom. The van der Waals surface area contributed by atoms with E-state index in [0.717, 1.165) is 38.1 Å². The largest absolute Gasteiger partial charge is 0.360 e. The molecule has 21 heavy (non-hydrogen) atoms. The van der Waals surface area contributed by atoms with Crippen LogP contribution in [0, 0.1) is 6.92 Å². The zero-order chi connectivity index (χ0) is 14.4. The molecule has 0 spiro atoms. The Labute approximate surface area is 127 Å². The highest BCUT2D eigenvalue weighted by Crippen LogP contribution is 2.30. The van der Waals surface area contributed by atoms with Gasteiger partial charge in [-0.15, -0.1) is 0 Å². The zero-order valence-corrected chi connectivity index (χ0v) is 12.3. The average Bonchev–Trinajstić information content (AvgIpc) is 2.89. The van der Waals surface area contributed by atoms with Gasteiger partial charge in [0.1, 0.15) is 0 Å². The Kier molecular flexibility index (Phi) is 2.72. The van der Waals surface area contributed by atoms with Gasteiger partial charge in [-0.05, 0) is 43.3 Å². The third kappa shape index (κ3) is 2.08. The highest BCUT2D eigenvalue weighted by atomic mass is 35.5. The summed E-state index contributed by atoms with van der Waals surface area (Å²) in [5, 5.41) is 3.00. The fraction of sp³-hybridized carbons (Fsp3) is 0.0556. The lowest BCUT2D eigenvalue weighted by molar-refractivity contribution is 1.38. The molecule has 0 amide bonds. The zero-order valence-electron chi connectivity index (χ0n) is 11.5. The van der Waals surface area contributed by atoms with Crippen LogP contribution in [0.4, 0.5) is 0 Å². The van der Waals surface area contributed by atoms with Crippen LogP contribution in [0.3, 0.4) is 0 Å². The number of H-pyrrole nitrogens is 1. The van der Waals surface area contributed by atoms with Crippen molar-refractivity contribution in [3.63, 3.8) is 0 Å². The third-order valence-electron chi connectivity index (χ3n) is 3.76. The first-order valence-corrected chi connectivity index (χ1v) is 7.23. The standard InChI is InChI=1S/C18H13ClN2/c1-11-2-5-16-12(8-11)3-6-18(21-16)15-10-20-17-7-4-13(19)9-14(15)17/h2-10,20H,1H3. The molecule has 0 saturated heterocycles. The molecule has 102 valence electrons. The number of aryl methyl sites for hydroxylation is 1. The van der Waals surface area contributed by atoms with E-state index in [0.29, 0.717) is 0 Å². The lowest BCUT2D eigenvalue weighted by Crippen LogP contribution is -1.85. The molecule has 0 atom stereocenters. The van der Waals surface area contributed by atoms with Crippen molar-refractivity contribution in [3.05, 3.63) is 65.3 Å². The van der Waals surface area contributed by atoms with E-state index in [1.807, 2.05) is 24.4 Å². The summed E-state index contributed by atoms with van der Waals surface area (Å²) in [6.07, 6.45) is 1.99. The number of pyridine rings is 1. The highest BCUT2D eigenvalue weighted by Gasteiger charge is 2.08. The molecule has 0 fully saturated rings. The van der Waals surface area contributed by atoms with E-state index in [-0.39, 0.29) is 0 Å². The molecule has 4 rings (SSSR count). The number of aromatic amines is 1. The second-order valence-electron chi connectivity index (χ2n) is 5.28. The fourth-order valence-electron chi connectivity index (χ4n) is 2.70. The van der Waals surface area contributed by atoms with E-state index < -0.39 is 0 Å².